The van der Waals surface area contributed by atoms with Crippen LogP contribution in [0.4, 0.5) is 19.0 Å². The predicted molar refractivity (Wildman–Crippen MR) is 121 cm³/mol. The predicted octanol–water partition coefficient (Wildman–Crippen LogP) is 3.74. The van der Waals surface area contributed by atoms with Crippen molar-refractivity contribution in [2.24, 2.45) is 0 Å². The van der Waals surface area contributed by atoms with Crippen LogP contribution in [0.5, 0.6) is 0 Å². The van der Waals surface area contributed by atoms with Gasteiger partial charge in [-0.15, -0.1) is 10.2 Å². The van der Waals surface area contributed by atoms with Crippen LogP contribution in [0.3, 0.4) is 0 Å². The molecule has 0 N–H and O–H groups in total. The van der Waals surface area contributed by atoms with Gasteiger partial charge in [-0.25, -0.2) is 4.98 Å². The number of piperidine rings is 1. The van der Waals surface area contributed by atoms with Gasteiger partial charge < -0.3 is 9.64 Å². The van der Waals surface area contributed by atoms with E-state index in [1.807, 2.05) is 10.6 Å². The van der Waals surface area contributed by atoms with E-state index in [0.717, 1.165) is 43.3 Å². The molecular weight excluding hydrogens is 483 g/mol. The lowest BCUT2D eigenvalue weighted by atomic mass is 9.93. The Bertz CT molecular complexity index is 1220. The molecule has 0 radical (unpaired) electrons. The van der Waals surface area contributed by atoms with Crippen LogP contribution in [0.15, 0.2) is 36.8 Å². The summed E-state index contributed by atoms with van der Waals surface area (Å²) < 4.78 is 49.5. The van der Waals surface area contributed by atoms with Crippen LogP contribution >= 0.6 is 11.6 Å². The first kappa shape index (κ1) is 22.7. The average molecular weight is 506 g/mol. The fourth-order valence-electron chi connectivity index (χ4n) is 5.24. The summed E-state index contributed by atoms with van der Waals surface area (Å²) in [6.45, 7) is 0.870. The molecule has 0 bridgehead atoms. The molecule has 0 atom stereocenters. The summed E-state index contributed by atoms with van der Waals surface area (Å²) in [7, 11) is 0. The molecule has 184 valence electrons. The number of fused-ring (bicyclic) bond motifs is 3. The molecule has 1 aromatic carbocycles. The molecule has 2 fully saturated rings. The third-order valence-electron chi connectivity index (χ3n) is 7.28. The minimum absolute atomic E-state index is 0.0145. The largest absolute Gasteiger partial charge is 0.411 e. The molecule has 0 amide bonds. The van der Waals surface area contributed by atoms with Crippen LogP contribution in [0.1, 0.15) is 36.0 Å². The van der Waals surface area contributed by atoms with Gasteiger partial charge in [0.1, 0.15) is 11.6 Å². The summed E-state index contributed by atoms with van der Waals surface area (Å²) in [4.78, 5) is 12.1. The minimum atomic E-state index is -4.44. The lowest BCUT2D eigenvalue weighted by Crippen LogP contribution is -2.69. The molecule has 0 unspecified atom stereocenters. The standard InChI is InChI=1S/C23H23ClF3N7O/c24-17-1-2-18-16(9-17)11-33(22(13-35-14-22)23(25,26)27)12-20-30-31-21(34(18)20)15-3-7-32(8-4-15)19-10-28-5-6-29-19/h1-2,5-6,9-10,15H,3-4,7-8,11-14H2. The molecule has 35 heavy (non-hydrogen) atoms. The highest BCUT2D eigenvalue weighted by Crippen LogP contribution is 2.44. The van der Waals surface area contributed by atoms with E-state index < -0.39 is 24.9 Å². The summed E-state index contributed by atoms with van der Waals surface area (Å²) in [6, 6.07) is 5.35. The van der Waals surface area contributed by atoms with Gasteiger partial charge >= 0.3 is 6.18 Å². The number of hydrogen-bond donors (Lipinski definition) is 0. The lowest BCUT2D eigenvalue weighted by Gasteiger charge is -2.49. The number of halogens is 4. The molecule has 2 saturated heterocycles. The maximum absolute atomic E-state index is 14.2. The lowest BCUT2D eigenvalue weighted by molar-refractivity contribution is -0.310. The van der Waals surface area contributed by atoms with Crippen LogP contribution in [0, 0.1) is 0 Å². The summed E-state index contributed by atoms with van der Waals surface area (Å²) in [5, 5.41) is 9.36. The van der Waals surface area contributed by atoms with Gasteiger partial charge in [-0.1, -0.05) is 11.6 Å². The number of nitrogens with zero attached hydrogens (tertiary/aromatic N) is 7. The third-order valence-corrected chi connectivity index (χ3v) is 7.51. The number of hydrogen-bond acceptors (Lipinski definition) is 7. The van der Waals surface area contributed by atoms with Crippen LogP contribution < -0.4 is 4.90 Å². The van der Waals surface area contributed by atoms with Crippen molar-refractivity contribution >= 4 is 17.4 Å². The second-order valence-corrected chi connectivity index (χ2v) is 9.72. The summed E-state index contributed by atoms with van der Waals surface area (Å²) in [5.41, 5.74) is -0.554. The smallest absolute Gasteiger partial charge is 0.377 e. The van der Waals surface area contributed by atoms with Gasteiger partial charge in [0.15, 0.2) is 11.4 Å². The Morgan fingerprint density at radius 2 is 1.86 bits per heavy atom. The van der Waals surface area contributed by atoms with Crippen LogP contribution in [-0.2, 0) is 17.8 Å². The van der Waals surface area contributed by atoms with Gasteiger partial charge in [0.05, 0.1) is 31.6 Å². The number of aromatic nitrogens is 5. The topological polar surface area (TPSA) is 72.2 Å². The van der Waals surface area contributed by atoms with E-state index in [9.17, 15) is 13.2 Å². The van der Waals surface area contributed by atoms with Crippen molar-refractivity contribution in [3.8, 4) is 5.69 Å². The Hall–Kier alpha value is -2.76. The summed E-state index contributed by atoms with van der Waals surface area (Å²) in [5.74, 6) is 2.22. The fraction of sp³-hybridized carbons (Fsp3) is 0.478. The van der Waals surface area contributed by atoms with Gasteiger partial charge in [-0.2, -0.15) is 13.2 Å². The van der Waals surface area contributed by atoms with E-state index in [4.69, 9.17) is 16.3 Å². The number of alkyl halides is 3. The molecule has 3 aliphatic rings. The van der Waals surface area contributed by atoms with E-state index in [0.29, 0.717) is 16.4 Å². The first-order valence-corrected chi connectivity index (χ1v) is 11.9. The summed E-state index contributed by atoms with van der Waals surface area (Å²) in [6.07, 6.45) is 2.28. The van der Waals surface area contributed by atoms with Gasteiger partial charge in [0, 0.05) is 43.0 Å². The first-order chi connectivity index (χ1) is 16.9. The zero-order valence-corrected chi connectivity index (χ0v) is 19.5. The Balaban J connectivity index is 1.35. The highest BCUT2D eigenvalue weighted by Gasteiger charge is 2.63. The van der Waals surface area contributed by atoms with Crippen LogP contribution in [0.25, 0.3) is 5.69 Å². The average Bonchev–Trinajstić information content (AvgIpc) is 3.14. The normalized spacial score (nSPS) is 20.6. The van der Waals surface area contributed by atoms with Crippen molar-refractivity contribution in [2.75, 3.05) is 31.2 Å². The third kappa shape index (κ3) is 3.76. The van der Waals surface area contributed by atoms with Gasteiger partial charge in [0.25, 0.3) is 0 Å². The van der Waals surface area contributed by atoms with E-state index in [2.05, 4.69) is 25.1 Å². The molecular formula is C23H23ClF3N7O. The van der Waals surface area contributed by atoms with Crippen molar-refractivity contribution in [3.05, 3.63) is 59.0 Å². The second-order valence-electron chi connectivity index (χ2n) is 9.29. The highest BCUT2D eigenvalue weighted by atomic mass is 35.5. The molecule has 12 heteroatoms. The monoisotopic (exact) mass is 505 g/mol. The number of benzene rings is 1. The number of rotatable bonds is 3. The second kappa shape index (κ2) is 8.42. The number of ether oxygens (including phenoxy) is 1. The van der Waals surface area contributed by atoms with Crippen LogP contribution in [0.2, 0.25) is 5.02 Å². The van der Waals surface area contributed by atoms with Gasteiger partial charge in [0.2, 0.25) is 0 Å². The van der Waals surface area contributed by atoms with Gasteiger partial charge in [-0.05, 0) is 36.6 Å². The van der Waals surface area contributed by atoms with E-state index in [1.165, 1.54) is 4.90 Å². The molecule has 0 aliphatic carbocycles. The highest BCUT2D eigenvalue weighted by molar-refractivity contribution is 6.30. The van der Waals surface area contributed by atoms with Crippen LogP contribution in [-0.4, -0.2) is 67.7 Å². The molecule has 2 aromatic heterocycles. The van der Waals surface area contributed by atoms with Crippen molar-refractivity contribution in [1.29, 1.82) is 0 Å². The van der Waals surface area contributed by atoms with Gasteiger partial charge in [-0.3, -0.25) is 14.5 Å². The zero-order chi connectivity index (χ0) is 24.2. The van der Waals surface area contributed by atoms with Crippen molar-refractivity contribution < 1.29 is 17.9 Å². The molecule has 6 rings (SSSR count). The molecule has 3 aromatic rings. The van der Waals surface area contributed by atoms with E-state index >= 15 is 0 Å². The molecule has 3 aliphatic heterocycles. The SMILES string of the molecule is FC(F)(F)C1(N2Cc3cc(Cl)ccc3-n3c(nnc3C3CCN(c4cnccn4)CC3)C2)COC1. The number of anilines is 1. The minimum Gasteiger partial charge on any atom is -0.377 e. The van der Waals surface area contributed by atoms with E-state index in [1.54, 1.807) is 30.7 Å². The Morgan fingerprint density at radius 1 is 1.06 bits per heavy atom. The van der Waals surface area contributed by atoms with Crippen molar-refractivity contribution in [3.63, 3.8) is 0 Å². The van der Waals surface area contributed by atoms with Crippen molar-refractivity contribution in [1.82, 2.24) is 29.6 Å². The Labute approximate surface area is 204 Å². The molecule has 5 heterocycles. The Kier molecular flexibility index (Phi) is 5.46. The quantitative estimate of drug-likeness (QED) is 0.537. The first-order valence-electron chi connectivity index (χ1n) is 11.5. The maximum atomic E-state index is 14.2. The summed E-state index contributed by atoms with van der Waals surface area (Å²) >= 11 is 6.27. The zero-order valence-electron chi connectivity index (χ0n) is 18.7. The fourth-order valence-corrected chi connectivity index (χ4v) is 5.43. The molecule has 0 spiro atoms. The Morgan fingerprint density at radius 3 is 2.51 bits per heavy atom. The maximum Gasteiger partial charge on any atom is 0.411 e. The van der Waals surface area contributed by atoms with E-state index in [-0.39, 0.29) is 19.0 Å². The van der Waals surface area contributed by atoms with Crippen molar-refractivity contribution in [2.45, 2.75) is 43.6 Å². The molecule has 8 nitrogen and oxygen atoms in total. The molecule has 0 saturated carbocycles.